The zero-order valence-electron chi connectivity index (χ0n) is 22.5. The van der Waals surface area contributed by atoms with Crippen LogP contribution in [0.1, 0.15) is 30.9 Å². The molecule has 4 rings (SSSR count). The Morgan fingerprint density at radius 2 is 1.86 bits per heavy atom. The summed E-state index contributed by atoms with van der Waals surface area (Å²) in [6.07, 6.45) is 10.0. The molecule has 36 heavy (non-hydrogen) atoms. The second-order valence-corrected chi connectivity index (χ2v) is 9.16. The van der Waals surface area contributed by atoms with Crippen LogP contribution < -0.4 is 15.6 Å². The lowest BCUT2D eigenvalue weighted by molar-refractivity contribution is 0.252. The van der Waals surface area contributed by atoms with Gasteiger partial charge in [-0.1, -0.05) is 24.8 Å². The third-order valence-corrected chi connectivity index (χ3v) is 6.60. The summed E-state index contributed by atoms with van der Waals surface area (Å²) in [5.74, 6) is 1.69. The fourth-order valence-corrected chi connectivity index (χ4v) is 4.14. The number of nitrogens with zero attached hydrogens (tertiary/aromatic N) is 6. The van der Waals surface area contributed by atoms with Crippen LogP contribution in [0.4, 0.5) is 11.8 Å². The number of pyridine rings is 1. The molecule has 1 aliphatic heterocycles. The zero-order valence-corrected chi connectivity index (χ0v) is 22.5. The number of aromatic nitrogens is 3. The van der Waals surface area contributed by atoms with Gasteiger partial charge in [0, 0.05) is 58.2 Å². The number of hydrogen-bond donors (Lipinski definition) is 2. The van der Waals surface area contributed by atoms with Crippen LogP contribution in [0.25, 0.3) is 22.6 Å². The van der Waals surface area contributed by atoms with E-state index in [1.54, 1.807) is 0 Å². The van der Waals surface area contributed by atoms with Gasteiger partial charge in [-0.05, 0) is 74.8 Å². The molecule has 2 N–H and O–H groups in total. The van der Waals surface area contributed by atoms with Crippen LogP contribution in [0.3, 0.4) is 0 Å². The number of piperidine rings is 1. The van der Waals surface area contributed by atoms with E-state index < -0.39 is 0 Å². The van der Waals surface area contributed by atoms with E-state index in [9.17, 15) is 0 Å². The van der Waals surface area contributed by atoms with Crippen molar-refractivity contribution in [2.75, 3.05) is 58.5 Å². The highest BCUT2D eigenvalue weighted by Crippen LogP contribution is 2.21. The topological polar surface area (TPSA) is 72.5 Å². The van der Waals surface area contributed by atoms with Crippen LogP contribution in [0.2, 0.25) is 0 Å². The molecule has 0 spiro atoms. The number of rotatable bonds is 7. The Morgan fingerprint density at radius 1 is 1.11 bits per heavy atom. The fourth-order valence-electron chi connectivity index (χ4n) is 4.14. The Kier molecular flexibility index (Phi) is 9.78. The fraction of sp³-hybridized carbons (Fsp3) is 0.393. The quantitative estimate of drug-likeness (QED) is 0.476. The molecule has 8 nitrogen and oxygen atoms in total. The van der Waals surface area contributed by atoms with Crippen LogP contribution in [0.5, 0.6) is 0 Å². The highest BCUT2D eigenvalue weighted by molar-refractivity contribution is 5.83. The van der Waals surface area contributed by atoms with Crippen molar-refractivity contribution in [2.24, 2.45) is 0 Å². The number of allylic oxidation sites excluding steroid dienone is 1. The number of benzene rings is 1. The molecule has 1 fully saturated rings. The molecule has 0 atom stereocenters. The van der Waals surface area contributed by atoms with E-state index in [4.69, 9.17) is 0 Å². The first kappa shape index (κ1) is 27.1. The van der Waals surface area contributed by atoms with Gasteiger partial charge in [0.25, 0.3) is 0 Å². The largest absolute Gasteiger partial charge is 0.357 e. The Balaban J connectivity index is 0.000000202. The predicted molar refractivity (Wildman–Crippen MR) is 153 cm³/mol. The lowest BCUT2D eigenvalue weighted by Gasteiger charge is -2.35. The second kappa shape index (κ2) is 13.0. The maximum absolute atomic E-state index is 4.46. The van der Waals surface area contributed by atoms with Gasteiger partial charge < -0.3 is 20.1 Å². The van der Waals surface area contributed by atoms with Crippen molar-refractivity contribution >= 4 is 34.3 Å². The summed E-state index contributed by atoms with van der Waals surface area (Å²) in [5.41, 5.74) is 7.44. The molecule has 8 heteroatoms. The minimum atomic E-state index is 0.610. The van der Waals surface area contributed by atoms with Crippen molar-refractivity contribution in [3.63, 3.8) is 0 Å². The number of hydrazine groups is 1. The summed E-state index contributed by atoms with van der Waals surface area (Å²) >= 11 is 0. The van der Waals surface area contributed by atoms with Gasteiger partial charge in [0.15, 0.2) is 0 Å². The molecule has 3 aromatic rings. The van der Waals surface area contributed by atoms with Gasteiger partial charge in [0.2, 0.25) is 5.95 Å². The number of fused-ring (bicyclic) bond motifs is 1. The standard InChI is InChI=1S/C14H19N5.C14H21N3/c1-10(9-19(4)16-3)11-5-6-12-8-17-14(15-2)18-13(12)7-11;1-4-12-5-8-15-14(11-12)17(3)13-6-9-16(2)10-7-13/h5-9,16H,1-4H3,(H,15,17,18);4-5,8,11,13H,1,6-7,9-10H2,2-3H3/b10-9+;. The van der Waals surface area contributed by atoms with E-state index in [1.807, 2.05) is 63.0 Å². The molecule has 1 saturated heterocycles. The van der Waals surface area contributed by atoms with Gasteiger partial charge in [0.1, 0.15) is 5.82 Å². The summed E-state index contributed by atoms with van der Waals surface area (Å²) < 4.78 is 0. The minimum absolute atomic E-state index is 0.610. The summed E-state index contributed by atoms with van der Waals surface area (Å²) in [6.45, 7) is 8.23. The molecule has 0 saturated carbocycles. The summed E-state index contributed by atoms with van der Waals surface area (Å²) in [5, 5.41) is 5.91. The SMILES string of the molecule is C=Cc1ccnc(N(C)C2CCN(C)CC2)c1.CNc1ncc2ccc(/C(C)=C/N(C)NC)cc2n1. The van der Waals surface area contributed by atoms with E-state index in [-0.39, 0.29) is 0 Å². The van der Waals surface area contributed by atoms with Gasteiger partial charge in [0.05, 0.1) is 5.52 Å². The average molecular weight is 489 g/mol. The van der Waals surface area contributed by atoms with Gasteiger partial charge in [-0.15, -0.1) is 0 Å². The lowest BCUT2D eigenvalue weighted by Crippen LogP contribution is -2.42. The molecule has 3 heterocycles. The van der Waals surface area contributed by atoms with Gasteiger partial charge in [-0.3, -0.25) is 0 Å². The maximum atomic E-state index is 4.46. The smallest absolute Gasteiger partial charge is 0.222 e. The van der Waals surface area contributed by atoms with E-state index in [0.29, 0.717) is 12.0 Å². The number of likely N-dealkylation sites (tertiary alicyclic amines) is 1. The molecule has 0 radical (unpaired) electrons. The first-order valence-corrected chi connectivity index (χ1v) is 12.4. The molecule has 1 aliphatic rings. The minimum Gasteiger partial charge on any atom is -0.357 e. The highest BCUT2D eigenvalue weighted by atomic mass is 15.5. The third-order valence-electron chi connectivity index (χ3n) is 6.60. The van der Waals surface area contributed by atoms with Crippen LogP contribution in [0.15, 0.2) is 55.5 Å². The van der Waals surface area contributed by atoms with Crippen molar-refractivity contribution in [3.8, 4) is 0 Å². The van der Waals surface area contributed by atoms with E-state index >= 15 is 0 Å². The highest BCUT2D eigenvalue weighted by Gasteiger charge is 2.21. The Labute approximate surface area is 215 Å². The number of nitrogens with one attached hydrogen (secondary N) is 2. The molecule has 2 aromatic heterocycles. The summed E-state index contributed by atoms with van der Waals surface area (Å²) in [7, 11) is 10.00. The monoisotopic (exact) mass is 488 g/mol. The van der Waals surface area contributed by atoms with E-state index in [2.05, 4.69) is 81.3 Å². The first-order valence-electron chi connectivity index (χ1n) is 12.4. The Hall–Kier alpha value is -3.49. The van der Waals surface area contributed by atoms with E-state index in [0.717, 1.165) is 27.8 Å². The molecular weight excluding hydrogens is 448 g/mol. The Bertz CT molecular complexity index is 1170. The number of hydrogen-bond acceptors (Lipinski definition) is 8. The Morgan fingerprint density at radius 3 is 2.53 bits per heavy atom. The van der Waals surface area contributed by atoms with Gasteiger partial charge >= 0.3 is 0 Å². The van der Waals surface area contributed by atoms with Crippen molar-refractivity contribution in [2.45, 2.75) is 25.8 Å². The molecule has 192 valence electrons. The van der Waals surface area contributed by atoms with Gasteiger partial charge in [-0.2, -0.15) is 0 Å². The lowest BCUT2D eigenvalue weighted by atomic mass is 10.0. The van der Waals surface area contributed by atoms with Gasteiger partial charge in [-0.25, -0.2) is 20.4 Å². The van der Waals surface area contributed by atoms with Crippen molar-refractivity contribution < 1.29 is 0 Å². The van der Waals surface area contributed by atoms with Crippen LogP contribution in [-0.2, 0) is 0 Å². The van der Waals surface area contributed by atoms with Crippen molar-refractivity contribution in [3.05, 3.63) is 66.6 Å². The maximum Gasteiger partial charge on any atom is 0.222 e. The first-order chi connectivity index (χ1) is 17.3. The molecular formula is C28H40N8. The summed E-state index contributed by atoms with van der Waals surface area (Å²) in [6, 6.07) is 10.9. The predicted octanol–water partition coefficient (Wildman–Crippen LogP) is 4.35. The van der Waals surface area contributed by atoms with E-state index in [1.165, 1.54) is 31.5 Å². The molecule has 0 unspecified atom stereocenters. The second-order valence-electron chi connectivity index (χ2n) is 9.16. The molecule has 0 bridgehead atoms. The molecule has 0 amide bonds. The molecule has 1 aromatic carbocycles. The average Bonchev–Trinajstić information content (AvgIpc) is 2.92. The third kappa shape index (κ3) is 7.26. The van der Waals surface area contributed by atoms with Crippen molar-refractivity contribution in [1.82, 2.24) is 30.3 Å². The summed E-state index contributed by atoms with van der Waals surface area (Å²) in [4.78, 5) is 17.8. The number of anilines is 2. The van der Waals surface area contributed by atoms with Crippen LogP contribution in [0, 0.1) is 0 Å². The van der Waals surface area contributed by atoms with Crippen LogP contribution >= 0.6 is 0 Å². The zero-order chi connectivity index (χ0) is 26.1. The molecule has 0 aliphatic carbocycles. The normalized spacial score (nSPS) is 14.7. The van der Waals surface area contributed by atoms with Crippen molar-refractivity contribution in [1.29, 1.82) is 0 Å². The van der Waals surface area contributed by atoms with Crippen LogP contribution in [-0.4, -0.2) is 79.2 Å².